The smallest absolute Gasteiger partial charge is 0.311 e. The molecule has 18 atom stereocenters. The lowest BCUT2D eigenvalue weighted by Crippen LogP contribution is -2.62. The van der Waals surface area contributed by atoms with E-state index in [9.17, 15) is 24.9 Å². The van der Waals surface area contributed by atoms with Crippen LogP contribution in [0.3, 0.4) is 0 Å². The van der Waals surface area contributed by atoms with Crippen LogP contribution in [0.1, 0.15) is 100 Å². The summed E-state index contributed by atoms with van der Waals surface area (Å²) < 4.78 is 57.9. The number of benzene rings is 1. The van der Waals surface area contributed by atoms with Gasteiger partial charge in [-0.1, -0.05) is 58.0 Å². The zero-order valence-electron chi connectivity index (χ0n) is 39.8. The Morgan fingerprint density at radius 1 is 0.823 bits per heavy atom. The minimum absolute atomic E-state index is 0.127. The number of methoxy groups -OCH3 is 2. The Balaban J connectivity index is 1.81. The molecule has 0 radical (unpaired) electrons. The SMILES string of the molecule is CC[C@H]1OC(=O)[C@H](C)[C@@H](O[C@H]2C[C@@](C)(OC)[C@@H](O)[C@H](C)O2)[C@H](C)[C@@H](O[C@@H]2O[C@H](C)C[C@H](N(C)C)[C@H]2OCCOCc2ccccc2)[C@@](C)(OC)C[C@@H](C)C(=O)[C@H](C)[C@@H](O)[C@]1(C)O. The summed E-state index contributed by atoms with van der Waals surface area (Å²) >= 11 is 0. The van der Waals surface area contributed by atoms with Crippen molar-refractivity contribution in [2.45, 2.75) is 186 Å². The summed E-state index contributed by atoms with van der Waals surface area (Å²) in [4.78, 5) is 30.8. The van der Waals surface area contributed by atoms with Gasteiger partial charge >= 0.3 is 5.97 Å². The van der Waals surface area contributed by atoms with Crippen LogP contribution in [0, 0.1) is 23.7 Å². The molecule has 0 unspecified atom stereocenters. The number of Topliss-reactive ketones (excluding diaryl/α,β-unsaturated/α-hetero) is 1. The highest BCUT2D eigenvalue weighted by Gasteiger charge is 2.54. The first-order valence-corrected chi connectivity index (χ1v) is 22.5. The number of ether oxygens (including phenoxy) is 9. The van der Waals surface area contributed by atoms with E-state index in [1.807, 2.05) is 65.2 Å². The van der Waals surface area contributed by atoms with Crippen molar-refractivity contribution in [3.8, 4) is 0 Å². The fourth-order valence-electron chi connectivity index (χ4n) is 9.76. The topological polar surface area (TPSA) is 181 Å². The van der Waals surface area contributed by atoms with Crippen molar-refractivity contribution in [1.29, 1.82) is 0 Å². The summed E-state index contributed by atoms with van der Waals surface area (Å²) in [6, 6.07) is 9.78. The zero-order chi connectivity index (χ0) is 46.3. The lowest BCUT2D eigenvalue weighted by Gasteiger charge is -2.50. The fourth-order valence-corrected chi connectivity index (χ4v) is 9.76. The van der Waals surface area contributed by atoms with E-state index >= 15 is 0 Å². The van der Waals surface area contributed by atoms with Crippen molar-refractivity contribution in [2.24, 2.45) is 23.7 Å². The second-order valence-electron chi connectivity index (χ2n) is 19.0. The number of esters is 1. The van der Waals surface area contributed by atoms with E-state index < -0.39 is 102 Å². The Labute approximate surface area is 370 Å². The first kappa shape index (κ1) is 52.5. The number of hydrogen-bond donors (Lipinski definition) is 3. The van der Waals surface area contributed by atoms with Crippen molar-refractivity contribution >= 4 is 11.8 Å². The van der Waals surface area contributed by atoms with Gasteiger partial charge in [-0.3, -0.25) is 9.59 Å². The van der Waals surface area contributed by atoms with E-state index in [1.165, 1.54) is 14.0 Å². The number of likely N-dealkylation sites (N-methyl/N-ethyl adjacent to an activating group) is 1. The summed E-state index contributed by atoms with van der Waals surface area (Å²) in [5.41, 5.74) is -3.21. The van der Waals surface area contributed by atoms with Gasteiger partial charge in [0.05, 0.1) is 67.5 Å². The van der Waals surface area contributed by atoms with Crippen LogP contribution in [0.2, 0.25) is 0 Å². The van der Waals surface area contributed by atoms with Crippen molar-refractivity contribution in [2.75, 3.05) is 41.5 Å². The number of aliphatic hydroxyl groups excluding tert-OH is 2. The molecule has 3 fully saturated rings. The van der Waals surface area contributed by atoms with E-state index in [0.29, 0.717) is 19.6 Å². The molecular formula is C47H79NO14. The van der Waals surface area contributed by atoms with Crippen LogP contribution in [0.4, 0.5) is 0 Å². The van der Waals surface area contributed by atoms with E-state index in [4.69, 9.17) is 42.6 Å². The standard InChI is InChI=1S/C47H79NO14/c1-15-35-47(10,53)40(50)29(4)37(49)27(2)24-46(9,55-14)42(30(5)38(31(6)43(52)60-35)61-36-25-45(8,54-13)41(51)32(7)59-36)62-44-39(34(48(11)12)23-28(3)58-44)57-22-21-56-26-33-19-17-16-18-20-33/h16-20,27-32,34-36,38-42,44,50-51,53H,15,21-26H2,1-14H3/t27-,28-,29+,30+,31-,32+,34+,35-,36+,38+,39-,40-,41+,42-,44+,45-,46+,47-/m1/s1. The Kier molecular flexibility index (Phi) is 19.0. The van der Waals surface area contributed by atoms with Crippen molar-refractivity contribution < 1.29 is 67.5 Å². The van der Waals surface area contributed by atoms with Crippen LogP contribution >= 0.6 is 0 Å². The number of carbonyl (C=O) groups excluding carboxylic acids is 2. The van der Waals surface area contributed by atoms with Gasteiger partial charge in [0, 0.05) is 44.4 Å². The molecule has 0 spiro atoms. The lowest BCUT2D eigenvalue weighted by molar-refractivity contribution is -0.323. The Hall–Kier alpha value is -2.12. The van der Waals surface area contributed by atoms with Gasteiger partial charge in [-0.25, -0.2) is 0 Å². The third-order valence-electron chi connectivity index (χ3n) is 13.9. The number of hydrogen-bond acceptors (Lipinski definition) is 15. The molecule has 1 aromatic rings. The van der Waals surface area contributed by atoms with Crippen LogP contribution in [0.15, 0.2) is 30.3 Å². The van der Waals surface area contributed by atoms with E-state index in [-0.39, 0.29) is 43.8 Å². The van der Waals surface area contributed by atoms with Crippen LogP contribution < -0.4 is 0 Å². The van der Waals surface area contributed by atoms with Crippen molar-refractivity contribution in [3.63, 3.8) is 0 Å². The molecule has 1 aromatic carbocycles. The van der Waals surface area contributed by atoms with Gasteiger partial charge in [-0.15, -0.1) is 0 Å². The summed E-state index contributed by atoms with van der Waals surface area (Å²) in [7, 11) is 7.05. The fraction of sp³-hybridized carbons (Fsp3) is 0.830. The molecule has 3 saturated heterocycles. The summed E-state index contributed by atoms with van der Waals surface area (Å²) in [5.74, 6) is -4.43. The number of carbonyl (C=O) groups is 2. The molecule has 3 aliphatic heterocycles. The maximum atomic E-state index is 14.4. The number of rotatable bonds is 14. The first-order valence-electron chi connectivity index (χ1n) is 22.5. The Bertz CT molecular complexity index is 1550. The molecule has 15 heteroatoms. The third-order valence-corrected chi connectivity index (χ3v) is 13.9. The van der Waals surface area contributed by atoms with E-state index in [1.54, 1.807) is 48.7 Å². The molecule has 0 aliphatic carbocycles. The molecule has 0 saturated carbocycles. The van der Waals surface area contributed by atoms with Gasteiger partial charge in [-0.2, -0.15) is 0 Å². The summed E-state index contributed by atoms with van der Waals surface area (Å²) in [6.45, 7) is 18.4. The summed E-state index contributed by atoms with van der Waals surface area (Å²) in [5, 5.41) is 34.4. The second kappa shape index (κ2) is 22.4. The van der Waals surface area contributed by atoms with Gasteiger partial charge in [0.15, 0.2) is 12.6 Å². The first-order chi connectivity index (χ1) is 29.0. The molecule has 4 rings (SSSR count). The molecule has 0 amide bonds. The number of nitrogens with zero attached hydrogens (tertiary/aromatic N) is 1. The molecule has 356 valence electrons. The predicted molar refractivity (Wildman–Crippen MR) is 231 cm³/mol. The highest BCUT2D eigenvalue weighted by molar-refractivity contribution is 5.83. The lowest BCUT2D eigenvalue weighted by atomic mass is 9.74. The molecule has 15 nitrogen and oxygen atoms in total. The molecule has 3 N–H and O–H groups in total. The average molecular weight is 882 g/mol. The van der Waals surface area contributed by atoms with Gasteiger partial charge < -0.3 is 62.9 Å². The summed E-state index contributed by atoms with van der Waals surface area (Å²) in [6.07, 6.45) is -7.97. The van der Waals surface area contributed by atoms with Crippen molar-refractivity contribution in [1.82, 2.24) is 4.90 Å². The van der Waals surface area contributed by atoms with Crippen LogP contribution in [-0.2, 0) is 58.8 Å². The largest absolute Gasteiger partial charge is 0.459 e. The maximum absolute atomic E-state index is 14.4. The normalized spacial score (nSPS) is 43.0. The van der Waals surface area contributed by atoms with Crippen LogP contribution in [0.25, 0.3) is 0 Å². The van der Waals surface area contributed by atoms with E-state index in [0.717, 1.165) is 5.56 Å². The maximum Gasteiger partial charge on any atom is 0.311 e. The zero-order valence-corrected chi connectivity index (χ0v) is 39.8. The minimum Gasteiger partial charge on any atom is -0.459 e. The van der Waals surface area contributed by atoms with Gasteiger partial charge in [0.1, 0.15) is 29.7 Å². The molecule has 0 aromatic heterocycles. The Morgan fingerprint density at radius 3 is 2.06 bits per heavy atom. The predicted octanol–water partition coefficient (Wildman–Crippen LogP) is 4.68. The van der Waals surface area contributed by atoms with Crippen LogP contribution in [0.5, 0.6) is 0 Å². The molecule has 3 heterocycles. The third kappa shape index (κ3) is 12.2. The quantitative estimate of drug-likeness (QED) is 0.173. The van der Waals surface area contributed by atoms with Gasteiger partial charge in [0.25, 0.3) is 0 Å². The second-order valence-corrected chi connectivity index (χ2v) is 19.0. The van der Waals surface area contributed by atoms with Crippen LogP contribution in [-0.4, -0.2) is 158 Å². The average Bonchev–Trinajstić information content (AvgIpc) is 3.24. The number of cyclic esters (lactones) is 1. The van der Waals surface area contributed by atoms with Crippen molar-refractivity contribution in [3.05, 3.63) is 35.9 Å². The highest BCUT2D eigenvalue weighted by Crippen LogP contribution is 2.42. The van der Waals surface area contributed by atoms with Gasteiger partial charge in [-0.05, 0) is 80.5 Å². The molecule has 3 aliphatic rings. The monoisotopic (exact) mass is 882 g/mol. The minimum atomic E-state index is -1.97. The highest BCUT2D eigenvalue weighted by atomic mass is 16.7. The number of ketones is 1. The van der Waals surface area contributed by atoms with E-state index in [2.05, 4.69) is 4.90 Å². The molecular weight excluding hydrogens is 803 g/mol. The number of aliphatic hydroxyl groups is 3. The Morgan fingerprint density at radius 2 is 1.47 bits per heavy atom. The van der Waals surface area contributed by atoms with Gasteiger partial charge in [0.2, 0.25) is 0 Å². The molecule has 62 heavy (non-hydrogen) atoms. The molecule has 0 bridgehead atoms.